The average molecular weight is 277 g/mol. The highest BCUT2D eigenvalue weighted by Crippen LogP contribution is 2.31. The van der Waals surface area contributed by atoms with E-state index in [1.165, 1.54) is 12.1 Å². The summed E-state index contributed by atoms with van der Waals surface area (Å²) in [4.78, 5) is 14.9. The Balaban J connectivity index is 2.07. The third kappa shape index (κ3) is 2.08. The molecule has 0 aliphatic carbocycles. The molecule has 0 bridgehead atoms. The minimum absolute atomic E-state index is 0.185. The predicted molar refractivity (Wildman–Crippen MR) is 69.5 cm³/mol. The predicted octanol–water partition coefficient (Wildman–Crippen LogP) is 3.03. The first-order valence-corrected chi connectivity index (χ1v) is 5.93. The van der Waals surface area contributed by atoms with Crippen LogP contribution in [0.5, 0.6) is 0 Å². The summed E-state index contributed by atoms with van der Waals surface area (Å²) in [6.07, 6.45) is 5.12. The van der Waals surface area contributed by atoms with Crippen molar-refractivity contribution in [2.75, 3.05) is 0 Å². The molecule has 6 heteroatoms. The van der Waals surface area contributed by atoms with Gasteiger partial charge in [-0.1, -0.05) is 11.6 Å². The van der Waals surface area contributed by atoms with Gasteiger partial charge in [0.15, 0.2) is 0 Å². The number of fused-ring (bicyclic) bond motifs is 1. The van der Waals surface area contributed by atoms with Gasteiger partial charge >= 0.3 is 5.97 Å². The molecule has 19 heavy (non-hydrogen) atoms. The third-order valence-electron chi connectivity index (χ3n) is 2.83. The van der Waals surface area contributed by atoms with Crippen molar-refractivity contribution in [1.82, 2.24) is 9.55 Å². The van der Waals surface area contributed by atoms with E-state index >= 15 is 0 Å². The summed E-state index contributed by atoms with van der Waals surface area (Å²) in [6.45, 7) is 0.454. The van der Waals surface area contributed by atoms with E-state index in [1.807, 2.05) is 4.57 Å². The largest absolute Gasteiger partial charge is 0.478 e. The summed E-state index contributed by atoms with van der Waals surface area (Å²) < 4.78 is 7.45. The fraction of sp³-hybridized carbons (Fsp3) is 0.0769. The lowest BCUT2D eigenvalue weighted by atomic mass is 10.1. The Morgan fingerprint density at radius 1 is 1.47 bits per heavy atom. The zero-order valence-corrected chi connectivity index (χ0v) is 10.5. The van der Waals surface area contributed by atoms with E-state index in [0.717, 1.165) is 0 Å². The van der Waals surface area contributed by atoms with Crippen molar-refractivity contribution in [3.63, 3.8) is 0 Å². The van der Waals surface area contributed by atoms with E-state index in [1.54, 1.807) is 24.8 Å². The van der Waals surface area contributed by atoms with Crippen LogP contribution in [-0.2, 0) is 6.54 Å². The van der Waals surface area contributed by atoms with Crippen LogP contribution in [0.15, 0.2) is 41.3 Å². The molecular formula is C13H9ClN2O3. The quantitative estimate of drug-likeness (QED) is 0.798. The molecule has 0 aliphatic heterocycles. The number of furan rings is 1. The molecule has 0 saturated heterocycles. The number of halogens is 1. The molecule has 0 aliphatic rings. The van der Waals surface area contributed by atoms with E-state index in [-0.39, 0.29) is 5.56 Å². The van der Waals surface area contributed by atoms with Gasteiger partial charge < -0.3 is 14.1 Å². The number of carbonyl (C=O) groups is 1. The summed E-state index contributed by atoms with van der Waals surface area (Å²) in [5.41, 5.74) is 0.759. The van der Waals surface area contributed by atoms with Crippen molar-refractivity contribution in [3.8, 4) is 0 Å². The summed E-state index contributed by atoms with van der Waals surface area (Å²) in [6, 6.07) is 4.62. The van der Waals surface area contributed by atoms with E-state index in [9.17, 15) is 4.79 Å². The van der Waals surface area contributed by atoms with Gasteiger partial charge in [0.1, 0.15) is 11.3 Å². The average Bonchev–Trinajstić information content (AvgIpc) is 2.99. The maximum absolute atomic E-state index is 10.9. The fourth-order valence-corrected chi connectivity index (χ4v) is 2.15. The molecule has 2 aromatic heterocycles. The van der Waals surface area contributed by atoms with Crippen LogP contribution in [-0.4, -0.2) is 20.6 Å². The van der Waals surface area contributed by atoms with Crippen LogP contribution >= 0.6 is 11.6 Å². The first-order chi connectivity index (χ1) is 9.15. The lowest BCUT2D eigenvalue weighted by Gasteiger charge is -1.97. The molecule has 0 unspecified atom stereocenters. The van der Waals surface area contributed by atoms with Crippen LogP contribution in [0, 0.1) is 0 Å². The molecule has 3 rings (SSSR count). The second kappa shape index (κ2) is 4.44. The standard InChI is InChI=1S/C13H9ClN2O3/c14-12-9-5-8(13(17)18)1-2-10(9)19-11(12)6-16-4-3-15-7-16/h1-5,7H,6H2,(H,17,18). The van der Waals surface area contributed by atoms with E-state index in [0.29, 0.717) is 28.3 Å². The number of imidazole rings is 1. The molecule has 0 spiro atoms. The molecular weight excluding hydrogens is 268 g/mol. The van der Waals surface area contributed by atoms with Crippen molar-refractivity contribution in [3.05, 3.63) is 53.3 Å². The van der Waals surface area contributed by atoms with Gasteiger partial charge in [0.05, 0.1) is 23.5 Å². The van der Waals surface area contributed by atoms with Gasteiger partial charge in [-0.25, -0.2) is 9.78 Å². The van der Waals surface area contributed by atoms with Gasteiger partial charge in [-0.15, -0.1) is 0 Å². The lowest BCUT2D eigenvalue weighted by molar-refractivity contribution is 0.0697. The zero-order chi connectivity index (χ0) is 13.4. The van der Waals surface area contributed by atoms with Crippen molar-refractivity contribution >= 4 is 28.5 Å². The van der Waals surface area contributed by atoms with Crippen LogP contribution in [0.1, 0.15) is 16.1 Å². The lowest BCUT2D eigenvalue weighted by Crippen LogP contribution is -1.95. The normalized spacial score (nSPS) is 11.0. The molecule has 0 amide bonds. The third-order valence-corrected chi connectivity index (χ3v) is 3.24. The van der Waals surface area contributed by atoms with Gasteiger partial charge in [0.2, 0.25) is 0 Å². The van der Waals surface area contributed by atoms with E-state index < -0.39 is 5.97 Å². The van der Waals surface area contributed by atoms with E-state index in [2.05, 4.69) is 4.98 Å². The summed E-state index contributed by atoms with van der Waals surface area (Å²) in [5, 5.41) is 10.0. The minimum atomic E-state index is -0.990. The maximum Gasteiger partial charge on any atom is 0.335 e. The maximum atomic E-state index is 10.9. The van der Waals surface area contributed by atoms with Crippen LogP contribution in [0.2, 0.25) is 5.02 Å². The topological polar surface area (TPSA) is 68.3 Å². The van der Waals surface area contributed by atoms with Gasteiger partial charge in [-0.2, -0.15) is 0 Å². The number of carboxylic acid groups (broad SMARTS) is 1. The first-order valence-electron chi connectivity index (χ1n) is 5.55. The molecule has 5 nitrogen and oxygen atoms in total. The smallest absolute Gasteiger partial charge is 0.335 e. The van der Waals surface area contributed by atoms with Crippen molar-refractivity contribution < 1.29 is 14.3 Å². The molecule has 0 saturated carbocycles. The molecule has 0 radical (unpaired) electrons. The second-order valence-corrected chi connectivity index (χ2v) is 4.47. The molecule has 3 aromatic rings. The molecule has 1 aromatic carbocycles. The van der Waals surface area contributed by atoms with Crippen molar-refractivity contribution in [1.29, 1.82) is 0 Å². The Bertz CT molecular complexity index is 747. The number of hydrogen-bond acceptors (Lipinski definition) is 3. The van der Waals surface area contributed by atoms with Crippen LogP contribution < -0.4 is 0 Å². The molecule has 0 fully saturated rings. The van der Waals surface area contributed by atoms with Crippen molar-refractivity contribution in [2.24, 2.45) is 0 Å². The Labute approximate surface area is 113 Å². The van der Waals surface area contributed by atoms with Gasteiger partial charge in [0, 0.05) is 17.8 Å². The number of aromatic nitrogens is 2. The van der Waals surface area contributed by atoms with E-state index in [4.69, 9.17) is 21.1 Å². The molecule has 0 atom stereocenters. The van der Waals surface area contributed by atoms with Gasteiger partial charge in [-0.3, -0.25) is 0 Å². The van der Waals surface area contributed by atoms with Crippen LogP contribution in [0.3, 0.4) is 0 Å². The minimum Gasteiger partial charge on any atom is -0.478 e. The number of benzene rings is 1. The van der Waals surface area contributed by atoms with Gasteiger partial charge in [-0.05, 0) is 18.2 Å². The van der Waals surface area contributed by atoms with Crippen molar-refractivity contribution in [2.45, 2.75) is 6.54 Å². The molecule has 1 N–H and O–H groups in total. The Hall–Kier alpha value is -2.27. The summed E-state index contributed by atoms with van der Waals surface area (Å²) in [5.74, 6) is -0.410. The highest BCUT2D eigenvalue weighted by Gasteiger charge is 2.14. The fourth-order valence-electron chi connectivity index (χ4n) is 1.90. The number of hydrogen-bond donors (Lipinski definition) is 1. The van der Waals surface area contributed by atoms with Crippen LogP contribution in [0.4, 0.5) is 0 Å². The summed E-state index contributed by atoms with van der Waals surface area (Å²) >= 11 is 6.23. The van der Waals surface area contributed by atoms with Crippen LogP contribution in [0.25, 0.3) is 11.0 Å². The number of nitrogens with zero attached hydrogens (tertiary/aromatic N) is 2. The highest BCUT2D eigenvalue weighted by molar-refractivity contribution is 6.36. The Morgan fingerprint density at radius 2 is 2.32 bits per heavy atom. The highest BCUT2D eigenvalue weighted by atomic mass is 35.5. The number of rotatable bonds is 3. The number of carboxylic acids is 1. The SMILES string of the molecule is O=C(O)c1ccc2oc(Cn3ccnc3)c(Cl)c2c1. The summed E-state index contributed by atoms with van der Waals surface area (Å²) in [7, 11) is 0. The first kappa shape index (κ1) is 11.8. The molecule has 2 heterocycles. The second-order valence-electron chi connectivity index (χ2n) is 4.09. The zero-order valence-electron chi connectivity index (χ0n) is 9.71. The Kier molecular flexibility index (Phi) is 2.76. The Morgan fingerprint density at radius 3 is 3.00 bits per heavy atom. The number of aromatic carboxylic acids is 1. The monoisotopic (exact) mass is 276 g/mol. The molecule has 96 valence electrons. The van der Waals surface area contributed by atoms with Gasteiger partial charge in [0.25, 0.3) is 0 Å².